The van der Waals surface area contributed by atoms with E-state index in [-0.39, 0.29) is 18.2 Å². The van der Waals surface area contributed by atoms with E-state index in [0.717, 1.165) is 19.3 Å². The summed E-state index contributed by atoms with van der Waals surface area (Å²) in [5.74, 6) is 0. The highest BCUT2D eigenvalue weighted by atomic mass is 16.6. The largest absolute Gasteiger partial charge is 0.444 e. The molecule has 19 heavy (non-hydrogen) atoms. The lowest BCUT2D eigenvalue weighted by Crippen LogP contribution is -2.63. The lowest BCUT2D eigenvalue weighted by molar-refractivity contribution is -0.0294. The van der Waals surface area contributed by atoms with Crippen molar-refractivity contribution >= 4 is 6.09 Å². The molecule has 2 fully saturated rings. The highest BCUT2D eigenvalue weighted by Crippen LogP contribution is 2.27. The maximum absolute atomic E-state index is 11.8. The van der Waals surface area contributed by atoms with Crippen LogP contribution < -0.4 is 0 Å². The molecule has 0 bridgehead atoms. The van der Waals surface area contributed by atoms with Crippen molar-refractivity contribution in [1.29, 1.82) is 0 Å². The van der Waals surface area contributed by atoms with Crippen molar-refractivity contribution in [3.63, 3.8) is 0 Å². The third-order valence-electron chi connectivity index (χ3n) is 4.06. The van der Waals surface area contributed by atoms with E-state index in [1.54, 1.807) is 4.90 Å². The third-order valence-corrected chi connectivity index (χ3v) is 4.06. The van der Waals surface area contributed by atoms with E-state index in [0.29, 0.717) is 19.1 Å². The summed E-state index contributed by atoms with van der Waals surface area (Å²) < 4.78 is 5.34. The van der Waals surface area contributed by atoms with Crippen molar-refractivity contribution < 1.29 is 14.6 Å². The summed E-state index contributed by atoms with van der Waals surface area (Å²) in [5, 5.41) is 9.91. The van der Waals surface area contributed by atoms with Crippen LogP contribution in [0.4, 0.5) is 4.79 Å². The first-order valence-electron chi connectivity index (χ1n) is 7.16. The number of likely N-dealkylation sites (tertiary alicyclic amines) is 1. The quantitative estimate of drug-likeness (QED) is 0.825. The fraction of sp³-hybridized carbons (Fsp3) is 0.929. The van der Waals surface area contributed by atoms with Crippen LogP contribution in [0, 0.1) is 0 Å². The molecule has 2 atom stereocenters. The van der Waals surface area contributed by atoms with Crippen molar-refractivity contribution in [2.24, 2.45) is 0 Å². The Kier molecular flexibility index (Phi) is 4.06. The molecule has 1 N–H and O–H groups in total. The van der Waals surface area contributed by atoms with Crippen LogP contribution in [0.1, 0.15) is 40.0 Å². The second-order valence-corrected chi connectivity index (χ2v) is 6.77. The first-order valence-corrected chi connectivity index (χ1v) is 7.16. The molecule has 1 amide bonds. The average molecular weight is 270 g/mol. The number of carbonyl (C=O) groups excluding carboxylic acids is 1. The Morgan fingerprint density at radius 1 is 1.32 bits per heavy atom. The van der Waals surface area contributed by atoms with Gasteiger partial charge >= 0.3 is 6.09 Å². The van der Waals surface area contributed by atoms with Gasteiger partial charge in [0.2, 0.25) is 0 Å². The number of hydrogen-bond acceptors (Lipinski definition) is 4. The maximum atomic E-state index is 11.8. The normalized spacial score (nSPS) is 28.6. The molecule has 2 aliphatic rings. The lowest BCUT2D eigenvalue weighted by Gasteiger charge is -2.46. The molecular formula is C14H26N2O3. The van der Waals surface area contributed by atoms with E-state index in [4.69, 9.17) is 4.74 Å². The summed E-state index contributed by atoms with van der Waals surface area (Å²) in [6, 6.07) is 0.607. The summed E-state index contributed by atoms with van der Waals surface area (Å²) in [5.41, 5.74) is -0.435. The Balaban J connectivity index is 1.78. The van der Waals surface area contributed by atoms with Crippen molar-refractivity contribution in [2.45, 2.75) is 63.8 Å². The first kappa shape index (κ1) is 14.6. The van der Waals surface area contributed by atoms with Crippen molar-refractivity contribution in [2.75, 3.05) is 20.1 Å². The third kappa shape index (κ3) is 3.39. The van der Waals surface area contributed by atoms with Crippen molar-refractivity contribution in [3.05, 3.63) is 0 Å². The van der Waals surface area contributed by atoms with Gasteiger partial charge in [0.05, 0.1) is 6.10 Å². The molecule has 110 valence electrons. The number of aliphatic hydroxyl groups excluding tert-OH is 1. The zero-order valence-corrected chi connectivity index (χ0v) is 12.4. The van der Waals surface area contributed by atoms with Gasteiger partial charge in [0.25, 0.3) is 0 Å². The number of aliphatic hydroxyl groups is 1. The molecule has 1 aliphatic carbocycles. The number of rotatable bonds is 2. The van der Waals surface area contributed by atoms with E-state index < -0.39 is 5.60 Å². The first-order chi connectivity index (χ1) is 8.78. The molecule has 0 radical (unpaired) electrons. The summed E-state index contributed by atoms with van der Waals surface area (Å²) in [4.78, 5) is 15.8. The maximum Gasteiger partial charge on any atom is 0.410 e. The zero-order chi connectivity index (χ0) is 14.2. The monoisotopic (exact) mass is 270 g/mol. The zero-order valence-electron chi connectivity index (χ0n) is 12.4. The van der Waals surface area contributed by atoms with E-state index in [9.17, 15) is 9.90 Å². The molecule has 1 saturated heterocycles. The van der Waals surface area contributed by atoms with Gasteiger partial charge in [-0.3, -0.25) is 4.90 Å². The predicted octanol–water partition coefficient (Wildman–Crippen LogP) is 1.45. The van der Waals surface area contributed by atoms with Gasteiger partial charge in [0, 0.05) is 25.2 Å². The Morgan fingerprint density at radius 2 is 1.95 bits per heavy atom. The second kappa shape index (κ2) is 5.29. The second-order valence-electron chi connectivity index (χ2n) is 6.77. The van der Waals surface area contributed by atoms with Crippen LogP contribution in [0.25, 0.3) is 0 Å². The topological polar surface area (TPSA) is 53.0 Å². The highest BCUT2D eigenvalue weighted by molar-refractivity contribution is 5.69. The minimum atomic E-state index is -0.435. The molecule has 1 aliphatic heterocycles. The van der Waals surface area contributed by atoms with Gasteiger partial charge in [-0.2, -0.15) is 0 Å². The van der Waals surface area contributed by atoms with Gasteiger partial charge < -0.3 is 14.7 Å². The van der Waals surface area contributed by atoms with Crippen LogP contribution in [0.15, 0.2) is 0 Å². The van der Waals surface area contributed by atoms with Crippen LogP contribution in [-0.2, 0) is 4.74 Å². The summed E-state index contributed by atoms with van der Waals surface area (Å²) in [6.07, 6.45) is 2.61. The molecule has 1 heterocycles. The molecular weight excluding hydrogens is 244 g/mol. The van der Waals surface area contributed by atoms with Gasteiger partial charge in [-0.1, -0.05) is 0 Å². The lowest BCUT2D eigenvalue weighted by atomic mass is 10.0. The fourth-order valence-electron chi connectivity index (χ4n) is 2.86. The van der Waals surface area contributed by atoms with Crippen LogP contribution in [0.2, 0.25) is 0 Å². The van der Waals surface area contributed by atoms with E-state index in [1.807, 2.05) is 20.8 Å². The van der Waals surface area contributed by atoms with Crippen LogP contribution >= 0.6 is 0 Å². The molecule has 0 aromatic rings. The number of nitrogens with zero attached hydrogens (tertiary/aromatic N) is 2. The number of hydrogen-bond donors (Lipinski definition) is 1. The summed E-state index contributed by atoms with van der Waals surface area (Å²) in [7, 11) is 2.05. The molecule has 0 spiro atoms. The van der Waals surface area contributed by atoms with Crippen LogP contribution in [0.5, 0.6) is 0 Å². The fourth-order valence-corrected chi connectivity index (χ4v) is 2.86. The van der Waals surface area contributed by atoms with Gasteiger partial charge in [-0.25, -0.2) is 4.79 Å². The number of carbonyl (C=O) groups is 1. The number of amides is 1. The standard InChI is InChI=1S/C14H26N2O3/c1-14(2,3)19-13(18)16-8-10(9-16)15(4)11-6-5-7-12(11)17/h10-12,17H,5-9H2,1-4H3/t11-,12-/m1/s1. The smallest absolute Gasteiger partial charge is 0.410 e. The van der Waals surface area contributed by atoms with Gasteiger partial charge in [0.1, 0.15) is 5.60 Å². The summed E-state index contributed by atoms with van der Waals surface area (Å²) >= 11 is 0. The Hall–Kier alpha value is -0.810. The van der Waals surface area contributed by atoms with Gasteiger partial charge in [-0.05, 0) is 47.1 Å². The molecule has 2 rings (SSSR count). The molecule has 0 aromatic heterocycles. The Bertz CT molecular complexity index is 334. The predicted molar refractivity (Wildman–Crippen MR) is 73.0 cm³/mol. The van der Waals surface area contributed by atoms with Gasteiger partial charge in [-0.15, -0.1) is 0 Å². The minimum absolute atomic E-state index is 0.208. The van der Waals surface area contributed by atoms with Crippen molar-refractivity contribution in [3.8, 4) is 0 Å². The van der Waals surface area contributed by atoms with E-state index >= 15 is 0 Å². The van der Waals surface area contributed by atoms with E-state index in [2.05, 4.69) is 11.9 Å². The Labute approximate surface area is 115 Å². The average Bonchev–Trinajstić information content (AvgIpc) is 2.58. The highest BCUT2D eigenvalue weighted by Gasteiger charge is 2.40. The van der Waals surface area contributed by atoms with Gasteiger partial charge in [0.15, 0.2) is 0 Å². The van der Waals surface area contributed by atoms with E-state index in [1.165, 1.54) is 0 Å². The Morgan fingerprint density at radius 3 is 2.42 bits per heavy atom. The summed E-state index contributed by atoms with van der Waals surface area (Å²) in [6.45, 7) is 7.04. The molecule has 5 heteroatoms. The van der Waals surface area contributed by atoms with Crippen molar-refractivity contribution in [1.82, 2.24) is 9.80 Å². The SMILES string of the molecule is CN(C1CN(C(=O)OC(C)(C)C)C1)[C@@H]1CCC[C@H]1O. The van der Waals surface area contributed by atoms with Crippen LogP contribution in [-0.4, -0.2) is 64.9 Å². The van der Waals surface area contributed by atoms with Crippen LogP contribution in [0.3, 0.4) is 0 Å². The number of likely N-dealkylation sites (N-methyl/N-ethyl adjacent to an activating group) is 1. The minimum Gasteiger partial charge on any atom is -0.444 e. The number of ether oxygens (including phenoxy) is 1. The molecule has 0 unspecified atom stereocenters. The molecule has 1 saturated carbocycles. The molecule has 0 aromatic carbocycles. The molecule has 5 nitrogen and oxygen atoms in total.